The summed E-state index contributed by atoms with van der Waals surface area (Å²) in [4.78, 5) is 2.58. The van der Waals surface area contributed by atoms with E-state index in [9.17, 15) is 8.42 Å². The Kier molecular flexibility index (Phi) is 6.39. The van der Waals surface area contributed by atoms with Crippen molar-refractivity contribution in [1.82, 2.24) is 4.31 Å². The summed E-state index contributed by atoms with van der Waals surface area (Å²) in [5, 5.41) is 3.50. The topological polar surface area (TPSA) is 61.9 Å². The molecule has 0 radical (unpaired) electrons. The minimum absolute atomic E-state index is 0.204. The summed E-state index contributed by atoms with van der Waals surface area (Å²) >= 11 is 0. The third-order valence-electron chi connectivity index (χ3n) is 5.59. The zero-order valence-corrected chi connectivity index (χ0v) is 18.7. The number of sulfonamides is 1. The van der Waals surface area contributed by atoms with Gasteiger partial charge in [-0.15, -0.1) is 0 Å². The third-order valence-corrected chi connectivity index (χ3v) is 7.66. The number of ether oxygens (including phenoxy) is 1. The van der Waals surface area contributed by atoms with Gasteiger partial charge in [-0.25, -0.2) is 8.42 Å². The van der Waals surface area contributed by atoms with Gasteiger partial charge in [0.05, 0.1) is 18.5 Å². The first-order valence-electron chi connectivity index (χ1n) is 10.2. The molecule has 0 saturated heterocycles. The van der Waals surface area contributed by atoms with E-state index < -0.39 is 10.0 Å². The highest BCUT2D eigenvalue weighted by Crippen LogP contribution is 2.37. The van der Waals surface area contributed by atoms with Gasteiger partial charge in [-0.2, -0.15) is 4.31 Å². The molecule has 1 N–H and O–H groups in total. The summed E-state index contributed by atoms with van der Waals surface area (Å²) in [5.41, 5.74) is 4.08. The average Bonchev–Trinajstić information content (AvgIpc) is 2.73. The number of likely N-dealkylation sites (N-methyl/N-ethyl adjacent to an activating group) is 1. The van der Waals surface area contributed by atoms with Gasteiger partial charge in [0.1, 0.15) is 10.6 Å². The molecule has 1 aliphatic rings. The van der Waals surface area contributed by atoms with Gasteiger partial charge in [0.25, 0.3) is 0 Å². The molecule has 0 bridgehead atoms. The molecule has 158 valence electrons. The summed E-state index contributed by atoms with van der Waals surface area (Å²) in [6.07, 6.45) is 0. The van der Waals surface area contributed by atoms with Crippen LogP contribution >= 0.6 is 0 Å². The fraction of sp³-hybridized carbons (Fsp3) is 0.455. The smallest absolute Gasteiger partial charge is 0.246 e. The standard InChI is InChI=1S/C22H31N3O3S/c1-6-24(7-2)29(26,27)22-14-18(10-12-21(22)28-5)17-9-11-20-19(13-17)23-15-16(4)25(20)8-3/h9-14,16,23H,6-8,15H2,1-5H3. The Bertz CT molecular complexity index is 971. The summed E-state index contributed by atoms with van der Waals surface area (Å²) in [6, 6.07) is 12.1. The van der Waals surface area contributed by atoms with Crippen molar-refractivity contribution in [3.05, 3.63) is 36.4 Å². The number of rotatable bonds is 7. The Morgan fingerprint density at radius 1 is 1.10 bits per heavy atom. The van der Waals surface area contributed by atoms with Crippen LogP contribution in [0.25, 0.3) is 11.1 Å². The van der Waals surface area contributed by atoms with E-state index in [1.807, 2.05) is 19.9 Å². The zero-order valence-electron chi connectivity index (χ0n) is 17.9. The molecule has 0 aliphatic carbocycles. The maximum absolute atomic E-state index is 13.1. The van der Waals surface area contributed by atoms with Gasteiger partial charge < -0.3 is 15.0 Å². The van der Waals surface area contributed by atoms with E-state index in [0.717, 1.165) is 29.9 Å². The van der Waals surface area contributed by atoms with Crippen molar-refractivity contribution in [2.24, 2.45) is 0 Å². The number of hydrogen-bond acceptors (Lipinski definition) is 5. The molecule has 2 aromatic rings. The SMILES string of the molecule is CCN1c2ccc(-c3ccc(OC)c(S(=O)(=O)N(CC)CC)c3)cc2NCC1C. The van der Waals surface area contributed by atoms with Crippen LogP contribution in [-0.2, 0) is 10.0 Å². The van der Waals surface area contributed by atoms with Gasteiger partial charge >= 0.3 is 0 Å². The second kappa shape index (κ2) is 8.63. The predicted molar refractivity (Wildman–Crippen MR) is 120 cm³/mol. The van der Waals surface area contributed by atoms with Crippen molar-refractivity contribution < 1.29 is 13.2 Å². The number of benzene rings is 2. The molecular weight excluding hydrogens is 386 g/mol. The molecule has 0 aromatic heterocycles. The summed E-state index contributed by atoms with van der Waals surface area (Å²) in [5.74, 6) is 0.364. The van der Waals surface area contributed by atoms with Crippen molar-refractivity contribution in [2.75, 3.05) is 43.5 Å². The Balaban J connectivity index is 2.07. The van der Waals surface area contributed by atoms with Gasteiger partial charge in [0, 0.05) is 32.2 Å². The van der Waals surface area contributed by atoms with E-state index >= 15 is 0 Å². The second-order valence-corrected chi connectivity index (χ2v) is 9.11. The van der Waals surface area contributed by atoms with Crippen LogP contribution in [0.1, 0.15) is 27.7 Å². The Hall–Kier alpha value is -2.25. The Labute approximate surface area is 174 Å². The maximum atomic E-state index is 13.1. The minimum atomic E-state index is -3.63. The normalized spacial score (nSPS) is 16.5. The van der Waals surface area contributed by atoms with Crippen molar-refractivity contribution in [2.45, 2.75) is 38.6 Å². The Morgan fingerprint density at radius 2 is 1.76 bits per heavy atom. The van der Waals surface area contributed by atoms with Crippen LogP contribution in [0.4, 0.5) is 11.4 Å². The van der Waals surface area contributed by atoms with E-state index in [1.165, 1.54) is 17.1 Å². The van der Waals surface area contributed by atoms with Crippen LogP contribution in [0.2, 0.25) is 0 Å². The third kappa shape index (κ3) is 3.94. The van der Waals surface area contributed by atoms with E-state index in [1.54, 1.807) is 12.1 Å². The molecule has 29 heavy (non-hydrogen) atoms. The molecule has 1 unspecified atom stereocenters. The van der Waals surface area contributed by atoms with Crippen LogP contribution in [-0.4, -0.2) is 52.1 Å². The molecule has 1 heterocycles. The van der Waals surface area contributed by atoms with Crippen LogP contribution in [0.3, 0.4) is 0 Å². The molecule has 7 heteroatoms. The van der Waals surface area contributed by atoms with Crippen molar-refractivity contribution in [3.63, 3.8) is 0 Å². The van der Waals surface area contributed by atoms with Crippen LogP contribution < -0.4 is 15.0 Å². The summed E-state index contributed by atoms with van der Waals surface area (Å²) < 4.78 is 33.1. The van der Waals surface area contributed by atoms with Gasteiger partial charge in [0.15, 0.2) is 0 Å². The molecule has 0 spiro atoms. The van der Waals surface area contributed by atoms with Gasteiger partial charge in [0.2, 0.25) is 10.0 Å². The highest BCUT2D eigenvalue weighted by molar-refractivity contribution is 7.89. The summed E-state index contributed by atoms with van der Waals surface area (Å²) in [6.45, 7) is 10.7. The number of anilines is 2. The van der Waals surface area contributed by atoms with Crippen molar-refractivity contribution in [1.29, 1.82) is 0 Å². The number of methoxy groups -OCH3 is 1. The number of nitrogens with one attached hydrogen (secondary N) is 1. The number of fused-ring (bicyclic) bond motifs is 1. The molecule has 1 aliphatic heterocycles. The highest BCUT2D eigenvalue weighted by atomic mass is 32.2. The summed E-state index contributed by atoms with van der Waals surface area (Å²) in [7, 11) is -2.13. The lowest BCUT2D eigenvalue weighted by molar-refractivity contribution is 0.395. The molecule has 2 aromatic carbocycles. The molecule has 0 fully saturated rings. The molecule has 1 atom stereocenters. The largest absolute Gasteiger partial charge is 0.495 e. The van der Waals surface area contributed by atoms with Crippen LogP contribution in [0.15, 0.2) is 41.3 Å². The fourth-order valence-electron chi connectivity index (χ4n) is 3.96. The quantitative estimate of drug-likeness (QED) is 0.737. The number of hydrogen-bond donors (Lipinski definition) is 1. The fourth-order valence-corrected chi connectivity index (χ4v) is 5.59. The van der Waals surface area contributed by atoms with Gasteiger partial charge in [-0.05, 0) is 49.2 Å². The lowest BCUT2D eigenvalue weighted by atomic mass is 10.0. The molecule has 0 saturated carbocycles. The first kappa shape index (κ1) is 21.5. The highest BCUT2D eigenvalue weighted by Gasteiger charge is 2.27. The maximum Gasteiger partial charge on any atom is 0.246 e. The molecule has 0 amide bonds. The average molecular weight is 418 g/mol. The second-order valence-electron chi connectivity index (χ2n) is 7.20. The first-order valence-corrected chi connectivity index (χ1v) is 11.6. The van der Waals surface area contributed by atoms with E-state index in [2.05, 4.69) is 42.3 Å². The molecule has 3 rings (SSSR count). The van der Waals surface area contributed by atoms with Crippen LogP contribution in [0.5, 0.6) is 5.75 Å². The lowest BCUT2D eigenvalue weighted by Gasteiger charge is -2.37. The van der Waals surface area contributed by atoms with Crippen molar-refractivity contribution in [3.8, 4) is 16.9 Å². The monoisotopic (exact) mass is 417 g/mol. The Morgan fingerprint density at radius 3 is 2.38 bits per heavy atom. The first-order chi connectivity index (χ1) is 13.9. The minimum Gasteiger partial charge on any atom is -0.495 e. The zero-order chi connectivity index (χ0) is 21.2. The lowest BCUT2D eigenvalue weighted by Crippen LogP contribution is -2.41. The molecular formula is C22H31N3O3S. The predicted octanol–water partition coefficient (Wildman–Crippen LogP) is 4.03. The van der Waals surface area contributed by atoms with E-state index in [4.69, 9.17) is 4.74 Å². The van der Waals surface area contributed by atoms with Crippen LogP contribution in [0, 0.1) is 0 Å². The van der Waals surface area contributed by atoms with Gasteiger partial charge in [-0.1, -0.05) is 26.0 Å². The van der Waals surface area contributed by atoms with E-state index in [-0.39, 0.29) is 4.90 Å². The van der Waals surface area contributed by atoms with Crippen molar-refractivity contribution >= 4 is 21.4 Å². The van der Waals surface area contributed by atoms with Gasteiger partial charge in [-0.3, -0.25) is 0 Å². The number of nitrogens with zero attached hydrogens (tertiary/aromatic N) is 2. The van der Waals surface area contributed by atoms with E-state index in [0.29, 0.717) is 24.9 Å². The molecule has 6 nitrogen and oxygen atoms in total.